The molecule has 1 aliphatic rings. The number of hydrogen-bond donors (Lipinski definition) is 1. The third-order valence-electron chi connectivity index (χ3n) is 3.85. The molecule has 0 unspecified atom stereocenters. The van der Waals surface area contributed by atoms with Crippen LogP contribution in [0.3, 0.4) is 0 Å². The number of nitrogens with one attached hydrogen (secondary N) is 1. The molecule has 0 bridgehead atoms. The molecule has 0 radical (unpaired) electrons. The molecule has 1 amide bonds. The van der Waals surface area contributed by atoms with Gasteiger partial charge in [-0.05, 0) is 42.5 Å². The van der Waals surface area contributed by atoms with Crippen molar-refractivity contribution in [1.29, 1.82) is 0 Å². The van der Waals surface area contributed by atoms with Gasteiger partial charge in [0.05, 0.1) is 0 Å². The molecule has 5 nitrogen and oxygen atoms in total. The van der Waals surface area contributed by atoms with Crippen LogP contribution in [-0.2, 0) is 10.0 Å². The van der Waals surface area contributed by atoms with Crippen molar-refractivity contribution in [1.82, 2.24) is 4.31 Å². The van der Waals surface area contributed by atoms with E-state index in [-0.39, 0.29) is 9.77 Å². The smallest absolute Gasteiger partial charge is 0.267 e. The van der Waals surface area contributed by atoms with Crippen molar-refractivity contribution in [3.05, 3.63) is 45.1 Å². The molecule has 128 valence electrons. The summed E-state index contributed by atoms with van der Waals surface area (Å²) in [5.74, 6) is -0.404. The Balaban J connectivity index is 1.85. The van der Waals surface area contributed by atoms with Gasteiger partial charge in [0.2, 0.25) is 10.0 Å². The minimum atomic E-state index is -3.62. The standard InChI is InChI=1S/C16H17BrN2O3S2/c17-12-5-4-6-13(11-12)18-16(20)15-14(7-10-23-15)24(21,22)19-8-2-1-3-9-19/h4-7,10-11H,1-3,8-9H2,(H,18,20). The number of amides is 1. The van der Waals surface area contributed by atoms with Crippen LogP contribution in [-0.4, -0.2) is 31.7 Å². The van der Waals surface area contributed by atoms with Crippen LogP contribution in [0.4, 0.5) is 5.69 Å². The maximum atomic E-state index is 12.8. The van der Waals surface area contributed by atoms with Gasteiger partial charge in [-0.25, -0.2) is 8.42 Å². The zero-order valence-electron chi connectivity index (χ0n) is 12.9. The number of nitrogens with zero attached hydrogens (tertiary/aromatic N) is 1. The molecule has 1 aromatic heterocycles. The first-order chi connectivity index (χ1) is 11.5. The van der Waals surface area contributed by atoms with E-state index in [4.69, 9.17) is 0 Å². The lowest BCUT2D eigenvalue weighted by molar-refractivity contribution is 0.102. The summed E-state index contributed by atoms with van der Waals surface area (Å²) in [5.41, 5.74) is 0.615. The molecular weight excluding hydrogens is 412 g/mol. The van der Waals surface area contributed by atoms with Crippen molar-refractivity contribution in [3.8, 4) is 0 Å². The van der Waals surface area contributed by atoms with Crippen LogP contribution in [0.5, 0.6) is 0 Å². The minimum Gasteiger partial charge on any atom is -0.321 e. The van der Waals surface area contributed by atoms with E-state index in [1.165, 1.54) is 10.4 Å². The Hall–Kier alpha value is -1.22. The van der Waals surface area contributed by atoms with Crippen LogP contribution in [0.25, 0.3) is 0 Å². The van der Waals surface area contributed by atoms with Crippen LogP contribution < -0.4 is 5.32 Å². The number of rotatable bonds is 4. The summed E-state index contributed by atoms with van der Waals surface area (Å²) in [4.78, 5) is 12.9. The Bertz CT molecular complexity index is 843. The lowest BCUT2D eigenvalue weighted by Crippen LogP contribution is -2.36. The fourth-order valence-corrected chi connectivity index (χ4v) is 5.88. The number of anilines is 1. The van der Waals surface area contributed by atoms with E-state index in [0.717, 1.165) is 35.1 Å². The maximum Gasteiger partial charge on any atom is 0.267 e. The molecule has 1 saturated heterocycles. The van der Waals surface area contributed by atoms with Gasteiger partial charge >= 0.3 is 0 Å². The highest BCUT2D eigenvalue weighted by Crippen LogP contribution is 2.28. The first-order valence-electron chi connectivity index (χ1n) is 7.63. The highest BCUT2D eigenvalue weighted by Gasteiger charge is 2.30. The predicted molar refractivity (Wildman–Crippen MR) is 99.0 cm³/mol. The molecule has 1 aliphatic heterocycles. The zero-order chi connectivity index (χ0) is 17.2. The lowest BCUT2D eigenvalue weighted by atomic mass is 10.2. The van der Waals surface area contributed by atoms with Crippen molar-refractivity contribution >= 4 is 48.9 Å². The van der Waals surface area contributed by atoms with Gasteiger partial charge in [0.1, 0.15) is 9.77 Å². The first kappa shape index (κ1) is 17.6. The van der Waals surface area contributed by atoms with Crippen molar-refractivity contribution in [2.45, 2.75) is 24.2 Å². The normalized spacial score (nSPS) is 16.0. The van der Waals surface area contributed by atoms with Gasteiger partial charge in [0, 0.05) is 23.2 Å². The molecular formula is C16H17BrN2O3S2. The monoisotopic (exact) mass is 428 g/mol. The highest BCUT2D eigenvalue weighted by atomic mass is 79.9. The molecule has 0 spiro atoms. The number of piperidine rings is 1. The second kappa shape index (κ2) is 7.35. The molecule has 1 fully saturated rings. The van der Waals surface area contributed by atoms with Gasteiger partial charge in [-0.15, -0.1) is 11.3 Å². The van der Waals surface area contributed by atoms with Crippen molar-refractivity contribution in [2.75, 3.05) is 18.4 Å². The topological polar surface area (TPSA) is 66.5 Å². The number of sulfonamides is 1. The minimum absolute atomic E-state index is 0.0990. The van der Waals surface area contributed by atoms with Gasteiger partial charge in [-0.2, -0.15) is 4.31 Å². The van der Waals surface area contributed by atoms with Crippen LogP contribution in [0, 0.1) is 0 Å². The van der Waals surface area contributed by atoms with E-state index in [1.807, 2.05) is 6.07 Å². The highest BCUT2D eigenvalue weighted by molar-refractivity contribution is 9.10. The Morgan fingerprint density at radius 2 is 1.92 bits per heavy atom. The summed E-state index contributed by atoms with van der Waals surface area (Å²) in [6.07, 6.45) is 2.78. The molecule has 2 aromatic rings. The van der Waals surface area contributed by atoms with Gasteiger partial charge in [-0.1, -0.05) is 28.4 Å². The Labute approximate surface area is 153 Å². The average Bonchev–Trinajstić information content (AvgIpc) is 3.06. The van der Waals surface area contributed by atoms with E-state index in [0.29, 0.717) is 18.8 Å². The predicted octanol–water partition coefficient (Wildman–Crippen LogP) is 3.94. The number of halogens is 1. The number of hydrogen-bond acceptors (Lipinski definition) is 4. The summed E-state index contributed by atoms with van der Waals surface area (Å²) in [6.45, 7) is 1.04. The van der Waals surface area contributed by atoms with Crippen LogP contribution >= 0.6 is 27.3 Å². The summed E-state index contributed by atoms with van der Waals surface area (Å²) in [5, 5.41) is 4.40. The summed E-state index contributed by atoms with van der Waals surface area (Å²) in [7, 11) is -3.62. The van der Waals surface area contributed by atoms with Crippen LogP contribution in [0.2, 0.25) is 0 Å². The largest absolute Gasteiger partial charge is 0.321 e. The summed E-state index contributed by atoms with van der Waals surface area (Å²) < 4.78 is 28.0. The second-order valence-electron chi connectivity index (χ2n) is 5.54. The van der Waals surface area contributed by atoms with Crippen LogP contribution in [0.1, 0.15) is 28.9 Å². The SMILES string of the molecule is O=C(Nc1cccc(Br)c1)c1sccc1S(=O)(=O)N1CCCCC1. The van der Waals surface area contributed by atoms with Gasteiger partial charge < -0.3 is 5.32 Å². The lowest BCUT2D eigenvalue weighted by Gasteiger charge is -2.25. The number of carbonyl (C=O) groups excluding carboxylic acids is 1. The Morgan fingerprint density at radius 1 is 1.17 bits per heavy atom. The third-order valence-corrected chi connectivity index (χ3v) is 7.33. The Kier molecular flexibility index (Phi) is 5.39. The van der Waals surface area contributed by atoms with Gasteiger partial charge in [-0.3, -0.25) is 4.79 Å². The molecule has 8 heteroatoms. The third kappa shape index (κ3) is 3.72. The molecule has 3 rings (SSSR count). The summed E-state index contributed by atoms with van der Waals surface area (Å²) in [6, 6.07) is 8.70. The van der Waals surface area contributed by atoms with Crippen molar-refractivity contribution < 1.29 is 13.2 Å². The molecule has 1 aromatic carbocycles. The van der Waals surface area contributed by atoms with Crippen molar-refractivity contribution in [2.24, 2.45) is 0 Å². The van der Waals surface area contributed by atoms with Crippen LogP contribution in [0.15, 0.2) is 45.1 Å². The van der Waals surface area contributed by atoms with Crippen molar-refractivity contribution in [3.63, 3.8) is 0 Å². The number of thiophene rings is 1. The first-order valence-corrected chi connectivity index (χ1v) is 10.7. The molecule has 0 saturated carbocycles. The quantitative estimate of drug-likeness (QED) is 0.801. The Morgan fingerprint density at radius 3 is 2.62 bits per heavy atom. The van der Waals surface area contributed by atoms with Gasteiger partial charge in [0.15, 0.2) is 0 Å². The number of benzene rings is 1. The second-order valence-corrected chi connectivity index (χ2v) is 9.28. The summed E-state index contributed by atoms with van der Waals surface area (Å²) >= 11 is 4.49. The average molecular weight is 429 g/mol. The maximum absolute atomic E-state index is 12.8. The molecule has 0 atom stereocenters. The van der Waals surface area contributed by atoms with E-state index >= 15 is 0 Å². The van der Waals surface area contributed by atoms with E-state index < -0.39 is 15.9 Å². The fourth-order valence-electron chi connectivity index (χ4n) is 2.66. The van der Waals surface area contributed by atoms with E-state index in [2.05, 4.69) is 21.2 Å². The van der Waals surface area contributed by atoms with E-state index in [9.17, 15) is 13.2 Å². The number of carbonyl (C=O) groups is 1. The van der Waals surface area contributed by atoms with Gasteiger partial charge in [0.25, 0.3) is 5.91 Å². The molecule has 2 heterocycles. The van der Waals surface area contributed by atoms with E-state index in [1.54, 1.807) is 23.6 Å². The fraction of sp³-hybridized carbons (Fsp3) is 0.312. The molecule has 0 aliphatic carbocycles. The molecule has 24 heavy (non-hydrogen) atoms. The zero-order valence-corrected chi connectivity index (χ0v) is 16.1. The molecule has 1 N–H and O–H groups in total.